The maximum Gasteiger partial charge on any atom is 0.238 e. The molecular weight excluding hydrogens is 276 g/mol. The Morgan fingerprint density at radius 2 is 2.26 bits per heavy atom. The quantitative estimate of drug-likeness (QED) is 0.931. The van der Waals surface area contributed by atoms with Gasteiger partial charge in [-0.15, -0.1) is 11.3 Å². The fourth-order valence-electron chi connectivity index (χ4n) is 3.23. The summed E-state index contributed by atoms with van der Waals surface area (Å²) in [5, 5.41) is 3.99. The highest BCUT2D eigenvalue weighted by molar-refractivity contribution is 7.99. The fourth-order valence-corrected chi connectivity index (χ4v) is 5.17. The van der Waals surface area contributed by atoms with Gasteiger partial charge < -0.3 is 4.90 Å². The highest BCUT2D eigenvalue weighted by atomic mass is 32.2. The number of carbonyl (C=O) groups excluding carboxylic acids is 1. The third-order valence-electron chi connectivity index (χ3n) is 4.12. The smallest absolute Gasteiger partial charge is 0.238 e. The predicted molar refractivity (Wildman–Crippen MR) is 81.6 cm³/mol. The summed E-state index contributed by atoms with van der Waals surface area (Å²) in [4.78, 5) is 17.0. The van der Waals surface area contributed by atoms with Crippen molar-refractivity contribution >= 4 is 29.0 Å². The van der Waals surface area contributed by atoms with E-state index in [4.69, 9.17) is 0 Å². The van der Waals surface area contributed by atoms with E-state index in [0.29, 0.717) is 17.8 Å². The third-order valence-corrected chi connectivity index (χ3v) is 6.33. The van der Waals surface area contributed by atoms with E-state index < -0.39 is 0 Å². The third kappa shape index (κ3) is 2.43. The predicted octanol–water partition coefficient (Wildman–Crippen LogP) is 2.77. The molecule has 0 spiro atoms. The Kier molecular flexibility index (Phi) is 3.87. The lowest BCUT2D eigenvalue weighted by atomic mass is 10.2. The molecule has 3 nitrogen and oxygen atoms in total. The summed E-state index contributed by atoms with van der Waals surface area (Å²) in [6.45, 7) is 2.61. The van der Waals surface area contributed by atoms with Crippen molar-refractivity contribution in [3.63, 3.8) is 0 Å². The standard InChI is InChI=1S/C14H20N2OS2/c1-9-6-7-12(19-9)14-15-8-13(17)16(14)10-4-3-5-11(10)18-2/h6-7,10-11,14-15H,3-5,8H2,1-2H3. The fraction of sp³-hybridized carbons (Fsp3) is 0.643. The lowest BCUT2D eigenvalue weighted by Crippen LogP contribution is -2.42. The molecule has 2 fully saturated rings. The second kappa shape index (κ2) is 5.46. The van der Waals surface area contributed by atoms with E-state index in [1.54, 1.807) is 11.3 Å². The van der Waals surface area contributed by atoms with Crippen molar-refractivity contribution in [2.24, 2.45) is 0 Å². The maximum absolute atomic E-state index is 12.3. The van der Waals surface area contributed by atoms with Crippen molar-refractivity contribution in [3.05, 3.63) is 21.9 Å². The Bertz CT molecular complexity index is 474. The van der Waals surface area contributed by atoms with Crippen LogP contribution in [-0.4, -0.2) is 34.9 Å². The van der Waals surface area contributed by atoms with E-state index in [9.17, 15) is 4.79 Å². The van der Waals surface area contributed by atoms with E-state index >= 15 is 0 Å². The van der Waals surface area contributed by atoms with Gasteiger partial charge in [0.2, 0.25) is 5.91 Å². The molecule has 104 valence electrons. The second-order valence-electron chi connectivity index (χ2n) is 5.31. The van der Waals surface area contributed by atoms with Crippen LogP contribution >= 0.6 is 23.1 Å². The normalized spacial score (nSPS) is 31.4. The summed E-state index contributed by atoms with van der Waals surface area (Å²) in [7, 11) is 0. The number of hydrogen-bond donors (Lipinski definition) is 1. The van der Waals surface area contributed by atoms with Crippen LogP contribution in [-0.2, 0) is 4.79 Å². The number of hydrogen-bond acceptors (Lipinski definition) is 4. The van der Waals surface area contributed by atoms with Crippen molar-refractivity contribution in [1.82, 2.24) is 10.2 Å². The summed E-state index contributed by atoms with van der Waals surface area (Å²) in [6, 6.07) is 4.71. The molecule has 0 aromatic carbocycles. The molecule has 1 amide bonds. The van der Waals surface area contributed by atoms with E-state index in [0.717, 1.165) is 6.42 Å². The molecule has 3 unspecified atom stereocenters. The molecule has 2 heterocycles. The molecule has 1 aliphatic heterocycles. The van der Waals surface area contributed by atoms with Crippen molar-refractivity contribution in [2.45, 2.75) is 43.6 Å². The van der Waals surface area contributed by atoms with Gasteiger partial charge in [-0.25, -0.2) is 0 Å². The zero-order chi connectivity index (χ0) is 13.4. The topological polar surface area (TPSA) is 32.3 Å². The van der Waals surface area contributed by atoms with Crippen LogP contribution in [0.1, 0.15) is 35.2 Å². The van der Waals surface area contributed by atoms with Crippen LogP contribution in [0.25, 0.3) is 0 Å². The number of aryl methyl sites for hydroxylation is 1. The SMILES string of the molecule is CSC1CCCC1N1C(=O)CNC1c1ccc(C)s1. The minimum Gasteiger partial charge on any atom is -0.317 e. The number of nitrogens with zero attached hydrogens (tertiary/aromatic N) is 1. The molecule has 1 aliphatic carbocycles. The van der Waals surface area contributed by atoms with Crippen molar-refractivity contribution in [3.8, 4) is 0 Å². The Morgan fingerprint density at radius 3 is 2.95 bits per heavy atom. The molecule has 0 bridgehead atoms. The first-order valence-electron chi connectivity index (χ1n) is 6.84. The minimum atomic E-state index is 0.101. The molecule has 0 radical (unpaired) electrons. The van der Waals surface area contributed by atoms with Crippen molar-refractivity contribution in [2.75, 3.05) is 12.8 Å². The zero-order valence-electron chi connectivity index (χ0n) is 11.4. The van der Waals surface area contributed by atoms with Crippen LogP contribution in [0.2, 0.25) is 0 Å². The van der Waals surface area contributed by atoms with Crippen LogP contribution in [0, 0.1) is 6.92 Å². The molecule has 19 heavy (non-hydrogen) atoms. The summed E-state index contributed by atoms with van der Waals surface area (Å²) in [5.74, 6) is 0.266. The average molecular weight is 296 g/mol. The summed E-state index contributed by atoms with van der Waals surface area (Å²) in [6.07, 6.45) is 5.91. The van der Waals surface area contributed by atoms with Gasteiger partial charge in [-0.2, -0.15) is 11.8 Å². The van der Waals surface area contributed by atoms with Crippen LogP contribution in [0.5, 0.6) is 0 Å². The van der Waals surface area contributed by atoms with Gasteiger partial charge in [-0.3, -0.25) is 10.1 Å². The molecule has 1 saturated carbocycles. The number of thioether (sulfide) groups is 1. The van der Waals surface area contributed by atoms with Crippen molar-refractivity contribution < 1.29 is 4.79 Å². The van der Waals surface area contributed by atoms with Gasteiger partial charge in [0.25, 0.3) is 0 Å². The Hall–Kier alpha value is -0.520. The van der Waals surface area contributed by atoms with Gasteiger partial charge in [0, 0.05) is 21.0 Å². The minimum absolute atomic E-state index is 0.101. The first kappa shape index (κ1) is 13.5. The number of amides is 1. The van der Waals surface area contributed by atoms with E-state index in [2.05, 4.69) is 35.5 Å². The summed E-state index contributed by atoms with van der Waals surface area (Å²) < 4.78 is 0. The Labute approximate surface area is 122 Å². The maximum atomic E-state index is 12.3. The molecular formula is C14H20N2OS2. The van der Waals surface area contributed by atoms with Crippen LogP contribution in [0.3, 0.4) is 0 Å². The lowest BCUT2D eigenvalue weighted by Gasteiger charge is -2.33. The summed E-state index contributed by atoms with van der Waals surface area (Å²) >= 11 is 3.71. The van der Waals surface area contributed by atoms with Gasteiger partial charge in [0.1, 0.15) is 6.17 Å². The monoisotopic (exact) mass is 296 g/mol. The largest absolute Gasteiger partial charge is 0.317 e. The van der Waals surface area contributed by atoms with E-state index in [1.165, 1.54) is 22.6 Å². The van der Waals surface area contributed by atoms with Gasteiger partial charge in [-0.05, 0) is 38.2 Å². The first-order chi connectivity index (χ1) is 9.20. The molecule has 3 atom stereocenters. The van der Waals surface area contributed by atoms with E-state index in [1.807, 2.05) is 11.8 Å². The highest BCUT2D eigenvalue weighted by Crippen LogP contribution is 2.38. The molecule has 1 N–H and O–H groups in total. The van der Waals surface area contributed by atoms with Gasteiger partial charge in [0.15, 0.2) is 0 Å². The number of rotatable bonds is 3. The van der Waals surface area contributed by atoms with Gasteiger partial charge in [-0.1, -0.05) is 6.42 Å². The first-order valence-corrected chi connectivity index (χ1v) is 8.95. The van der Waals surface area contributed by atoms with E-state index in [-0.39, 0.29) is 12.1 Å². The Balaban J connectivity index is 1.86. The number of thiophene rings is 1. The highest BCUT2D eigenvalue weighted by Gasteiger charge is 2.42. The van der Waals surface area contributed by atoms with Gasteiger partial charge >= 0.3 is 0 Å². The molecule has 1 aromatic rings. The van der Waals surface area contributed by atoms with Gasteiger partial charge in [0.05, 0.1) is 6.54 Å². The summed E-state index contributed by atoms with van der Waals surface area (Å²) in [5.41, 5.74) is 0. The molecule has 1 aromatic heterocycles. The number of carbonyl (C=O) groups is 1. The Morgan fingerprint density at radius 1 is 1.42 bits per heavy atom. The zero-order valence-corrected chi connectivity index (χ0v) is 13.0. The average Bonchev–Trinajstić information content (AvgIpc) is 3.07. The molecule has 3 rings (SSSR count). The molecule has 2 aliphatic rings. The lowest BCUT2D eigenvalue weighted by molar-refractivity contribution is -0.130. The number of nitrogens with one attached hydrogen (secondary N) is 1. The van der Waals surface area contributed by atoms with Crippen molar-refractivity contribution in [1.29, 1.82) is 0 Å². The molecule has 5 heteroatoms. The van der Waals surface area contributed by atoms with Crippen LogP contribution in [0.15, 0.2) is 12.1 Å². The molecule has 1 saturated heterocycles. The second-order valence-corrected chi connectivity index (χ2v) is 7.70. The van der Waals surface area contributed by atoms with Crippen LogP contribution < -0.4 is 5.32 Å². The van der Waals surface area contributed by atoms with Crippen LogP contribution in [0.4, 0.5) is 0 Å².